The summed E-state index contributed by atoms with van der Waals surface area (Å²) in [6.45, 7) is -10.7. The predicted molar refractivity (Wildman–Crippen MR) is 182 cm³/mol. The van der Waals surface area contributed by atoms with Crippen LogP contribution in [0.5, 0.6) is 0 Å². The summed E-state index contributed by atoms with van der Waals surface area (Å²) < 4.78 is 105. The Bertz CT molecular complexity index is 2820. The van der Waals surface area contributed by atoms with E-state index >= 15 is 0 Å². The summed E-state index contributed by atoms with van der Waals surface area (Å²) in [5.74, 6) is 0. The molecule has 0 radical (unpaired) electrons. The van der Waals surface area contributed by atoms with Crippen molar-refractivity contribution in [2.24, 2.45) is 0 Å². The Kier molecular flexibility index (Phi) is 3.57. The number of aromatic nitrogens is 1. The Balaban J connectivity index is 1.35. The first-order valence-corrected chi connectivity index (χ1v) is 13.9. The van der Waals surface area contributed by atoms with Crippen LogP contribution in [-0.4, -0.2) is 4.98 Å². The van der Waals surface area contributed by atoms with Crippen molar-refractivity contribution in [1.82, 2.24) is 4.98 Å². The molecule has 0 spiro atoms. The number of para-hydroxylation sites is 1. The van der Waals surface area contributed by atoms with Crippen molar-refractivity contribution >= 4 is 43.5 Å². The Hall–Kier alpha value is -5.21. The highest BCUT2D eigenvalue weighted by Crippen LogP contribution is 2.41. The topological polar surface area (TPSA) is 26.0 Å². The zero-order valence-corrected chi connectivity index (χ0v) is 22.8. The average molecular weight is 566 g/mol. The predicted octanol–water partition coefficient (Wildman–Crippen LogP) is 11.5. The Labute approximate surface area is 268 Å². The summed E-state index contributed by atoms with van der Waals surface area (Å²) in [6.07, 6.45) is 1.24. The highest BCUT2D eigenvalue weighted by atomic mass is 16.3. The third kappa shape index (κ3) is 4.06. The maximum atomic E-state index is 8.53. The third-order valence-corrected chi connectivity index (χ3v) is 8.19. The number of hydrogen-bond donors (Lipinski definition) is 0. The van der Waals surface area contributed by atoms with E-state index in [1.807, 2.05) is 42.5 Å². The van der Waals surface area contributed by atoms with Crippen LogP contribution in [0, 0.1) is 27.4 Å². The monoisotopic (exact) mass is 565 g/mol. The van der Waals surface area contributed by atoms with Crippen molar-refractivity contribution in [3.8, 4) is 33.5 Å². The van der Waals surface area contributed by atoms with Gasteiger partial charge >= 0.3 is 0 Å². The molecule has 2 heteroatoms. The number of nitrogens with zero attached hydrogens (tertiary/aromatic N) is 1. The van der Waals surface area contributed by atoms with Crippen molar-refractivity contribution in [2.45, 2.75) is 27.4 Å². The van der Waals surface area contributed by atoms with Crippen LogP contribution in [0.3, 0.4) is 0 Å². The summed E-state index contributed by atoms with van der Waals surface area (Å²) in [6, 6.07) is 31.5. The van der Waals surface area contributed by atoms with E-state index in [1.54, 1.807) is 6.07 Å². The number of hydrogen-bond acceptors (Lipinski definition) is 2. The number of rotatable bonds is 3. The SMILES string of the molecule is [2H]C([2H])([2H])c1ccc(-c2ccc(-c3cc(-c4cccc5c4oc4c5ccc5ccc6ccccc6c54)ncc3C([2H])([2H])[2H])c(C([2H])([2H])[2H])c2)c(C([2H])([2H])[2H])c1. The Morgan fingerprint density at radius 1 is 0.535 bits per heavy atom. The van der Waals surface area contributed by atoms with Crippen LogP contribution in [0.15, 0.2) is 120 Å². The summed E-state index contributed by atoms with van der Waals surface area (Å²) in [4.78, 5) is 4.59. The first kappa shape index (κ1) is 15.9. The lowest BCUT2D eigenvalue weighted by Gasteiger charge is -2.14. The Morgan fingerprint density at radius 2 is 1.33 bits per heavy atom. The van der Waals surface area contributed by atoms with Crippen LogP contribution in [0.25, 0.3) is 77.0 Å². The minimum absolute atomic E-state index is 0.0994. The third-order valence-electron chi connectivity index (χ3n) is 8.19. The van der Waals surface area contributed by atoms with Gasteiger partial charge in [-0.1, -0.05) is 96.6 Å². The average Bonchev–Trinajstić information content (AvgIpc) is 3.52. The van der Waals surface area contributed by atoms with E-state index in [4.69, 9.17) is 20.9 Å². The van der Waals surface area contributed by atoms with Crippen LogP contribution in [0.2, 0.25) is 0 Å². The molecule has 0 bridgehead atoms. The van der Waals surface area contributed by atoms with Crippen molar-refractivity contribution in [1.29, 1.82) is 0 Å². The van der Waals surface area contributed by atoms with Crippen molar-refractivity contribution in [3.05, 3.63) is 138 Å². The minimum Gasteiger partial charge on any atom is -0.455 e. The molecule has 0 saturated carbocycles. The highest BCUT2D eigenvalue weighted by molar-refractivity contribution is 6.23. The van der Waals surface area contributed by atoms with E-state index in [2.05, 4.69) is 29.2 Å². The van der Waals surface area contributed by atoms with Crippen molar-refractivity contribution in [2.75, 3.05) is 0 Å². The van der Waals surface area contributed by atoms with Crippen LogP contribution >= 0.6 is 0 Å². The van der Waals surface area contributed by atoms with Crippen LogP contribution < -0.4 is 0 Å². The number of pyridine rings is 1. The maximum absolute atomic E-state index is 8.53. The fourth-order valence-corrected chi connectivity index (χ4v) is 6.11. The molecular weight excluding hydrogens is 522 g/mol. The van der Waals surface area contributed by atoms with Gasteiger partial charge in [0.2, 0.25) is 0 Å². The van der Waals surface area contributed by atoms with Gasteiger partial charge < -0.3 is 4.42 Å². The first-order chi connectivity index (χ1) is 25.8. The second-order valence-electron chi connectivity index (χ2n) is 10.7. The number of furan rings is 1. The van der Waals surface area contributed by atoms with E-state index in [0.717, 1.165) is 38.4 Å². The molecule has 0 atom stereocenters. The van der Waals surface area contributed by atoms with Gasteiger partial charge in [-0.2, -0.15) is 0 Å². The Morgan fingerprint density at radius 3 is 2.23 bits per heavy atom. The summed E-state index contributed by atoms with van der Waals surface area (Å²) in [5.41, 5.74) is 1.91. The number of benzene rings is 6. The molecule has 0 fully saturated rings. The van der Waals surface area contributed by atoms with Crippen LogP contribution in [0.1, 0.15) is 38.7 Å². The minimum atomic E-state index is -2.78. The van der Waals surface area contributed by atoms with E-state index < -0.39 is 27.4 Å². The molecule has 0 unspecified atom stereocenters. The molecule has 2 nitrogen and oxygen atoms in total. The molecule has 8 rings (SSSR count). The van der Waals surface area contributed by atoms with Gasteiger partial charge in [-0.3, -0.25) is 4.98 Å². The van der Waals surface area contributed by atoms with Gasteiger partial charge in [0.1, 0.15) is 11.2 Å². The standard InChI is InChI=1S/C41H31NO/c1-24-12-17-31(25(2)20-24)30-16-18-32(26(3)21-30)37-22-38(42-23-27(37)4)36-11-7-10-34-35-19-15-29-14-13-28-8-5-6-9-33(28)39(29)41(35)43-40(34)36/h5-23H,1-4H3/i1D3,2D3,3D3,4D3. The molecule has 8 aromatic rings. The molecule has 0 aliphatic carbocycles. The molecule has 206 valence electrons. The lowest BCUT2D eigenvalue weighted by Crippen LogP contribution is -1.93. The number of aryl methyl sites for hydroxylation is 4. The van der Waals surface area contributed by atoms with Crippen molar-refractivity contribution < 1.29 is 20.9 Å². The van der Waals surface area contributed by atoms with Gasteiger partial charge in [0, 0.05) is 44.4 Å². The normalized spacial score (nSPS) is 17.0. The van der Waals surface area contributed by atoms with Crippen LogP contribution in [-0.2, 0) is 0 Å². The quantitative estimate of drug-likeness (QED) is 0.199. The lowest BCUT2D eigenvalue weighted by molar-refractivity contribution is 0.674. The van der Waals surface area contributed by atoms with Gasteiger partial charge in [0.05, 0.1) is 5.69 Å². The molecule has 0 N–H and O–H groups in total. The number of fused-ring (bicyclic) bond motifs is 7. The molecule has 0 aliphatic rings. The smallest absolute Gasteiger partial charge is 0.144 e. The second kappa shape index (κ2) is 9.68. The maximum Gasteiger partial charge on any atom is 0.144 e. The molecule has 43 heavy (non-hydrogen) atoms. The van der Waals surface area contributed by atoms with Crippen LogP contribution in [0.4, 0.5) is 0 Å². The first-order valence-electron chi connectivity index (χ1n) is 19.9. The fourth-order valence-electron chi connectivity index (χ4n) is 6.11. The largest absolute Gasteiger partial charge is 0.455 e. The summed E-state index contributed by atoms with van der Waals surface area (Å²) in [5, 5.41) is 5.79. The molecule has 2 aromatic heterocycles. The van der Waals surface area contributed by atoms with Gasteiger partial charge in [0.25, 0.3) is 0 Å². The molecule has 0 aliphatic heterocycles. The van der Waals surface area contributed by atoms with Gasteiger partial charge in [-0.25, -0.2) is 0 Å². The van der Waals surface area contributed by atoms with E-state index in [-0.39, 0.29) is 44.5 Å². The van der Waals surface area contributed by atoms with E-state index in [9.17, 15) is 0 Å². The highest BCUT2D eigenvalue weighted by Gasteiger charge is 2.18. The summed E-state index contributed by atoms with van der Waals surface area (Å²) in [7, 11) is 0. The second-order valence-corrected chi connectivity index (χ2v) is 10.7. The molecule has 0 saturated heterocycles. The van der Waals surface area contributed by atoms with Gasteiger partial charge in [-0.05, 0) is 101 Å². The lowest BCUT2D eigenvalue weighted by atomic mass is 9.91. The molecular formula is C41H31NO. The van der Waals surface area contributed by atoms with E-state index in [0.29, 0.717) is 22.4 Å². The summed E-state index contributed by atoms with van der Waals surface area (Å²) >= 11 is 0. The van der Waals surface area contributed by atoms with Gasteiger partial charge in [0.15, 0.2) is 0 Å². The molecule has 0 amide bonds. The molecule has 6 aromatic carbocycles. The van der Waals surface area contributed by atoms with E-state index in [1.165, 1.54) is 36.5 Å². The van der Waals surface area contributed by atoms with Crippen molar-refractivity contribution in [3.63, 3.8) is 0 Å². The van der Waals surface area contributed by atoms with Gasteiger partial charge in [-0.15, -0.1) is 0 Å². The zero-order valence-electron chi connectivity index (χ0n) is 34.8. The molecule has 2 heterocycles. The zero-order chi connectivity index (χ0) is 39.2. The fraction of sp³-hybridized carbons (Fsp3) is 0.0976.